The van der Waals surface area contributed by atoms with Crippen LogP contribution in [0.5, 0.6) is 0 Å². The van der Waals surface area contributed by atoms with Gasteiger partial charge in [-0.25, -0.2) is 0 Å². The molecule has 16 heteroatoms. The molecule has 0 aliphatic carbocycles. The zero-order valence-electron chi connectivity index (χ0n) is 47.3. The number of rotatable bonds is 17. The summed E-state index contributed by atoms with van der Waals surface area (Å²) in [6.45, 7) is 19.8. The third-order valence-electron chi connectivity index (χ3n) is 16.9. The van der Waals surface area contributed by atoms with Crippen LogP contribution in [0, 0.1) is 17.8 Å². The minimum Gasteiger partial charge on any atom is -0.459 e. The zero-order valence-corrected chi connectivity index (χ0v) is 48.2. The van der Waals surface area contributed by atoms with E-state index in [2.05, 4.69) is 67.3 Å². The maximum Gasteiger partial charge on any atom is 0.311 e. The number of hydrogen-bond donors (Lipinski definition) is 5. The van der Waals surface area contributed by atoms with Crippen molar-refractivity contribution in [3.05, 3.63) is 60.7 Å². The van der Waals surface area contributed by atoms with E-state index in [0.717, 1.165) is 31.8 Å². The molecule has 5 N–H and O–H groups in total. The van der Waals surface area contributed by atoms with Crippen molar-refractivity contribution in [3.8, 4) is 0 Å². The number of carbonyl (C=O) groups is 2. The highest BCUT2D eigenvalue weighted by Gasteiger charge is 2.53. The number of aliphatic hydroxyl groups excluding tert-OH is 3. The number of carbonyl (C=O) groups excluding carboxylic acids is 2. The maximum absolute atomic E-state index is 14.6. The highest BCUT2D eigenvalue weighted by molar-refractivity contribution is 7.88. The van der Waals surface area contributed by atoms with Gasteiger partial charge in [-0.2, -0.15) is 0 Å². The summed E-state index contributed by atoms with van der Waals surface area (Å²) in [5.74, 6) is -3.27. The highest BCUT2D eigenvalue weighted by Crippen LogP contribution is 2.53. The molecule has 3 heterocycles. The van der Waals surface area contributed by atoms with Gasteiger partial charge in [0.1, 0.15) is 30.0 Å². The number of amides is 1. The Morgan fingerprint density at radius 2 is 1.41 bits per heavy atom. The fraction of sp³-hybridized carbons (Fsp3) is 0.759. The summed E-state index contributed by atoms with van der Waals surface area (Å²) in [6, 6.07) is 20.3. The number of hydrogen-bond acceptors (Lipinski definition) is 14. The average Bonchev–Trinajstić information content (AvgIpc) is 3.36. The summed E-state index contributed by atoms with van der Waals surface area (Å²) < 4.78 is 38.2. The number of esters is 1. The van der Waals surface area contributed by atoms with Crippen molar-refractivity contribution in [2.24, 2.45) is 17.8 Å². The van der Waals surface area contributed by atoms with Crippen molar-refractivity contribution < 1.29 is 63.5 Å². The Hall–Kier alpha value is -2.63. The summed E-state index contributed by atoms with van der Waals surface area (Å²) >= 11 is 0. The number of likely N-dealkylation sites (N-methyl/N-ethyl adjacent to an activating group) is 1. The van der Waals surface area contributed by atoms with Crippen molar-refractivity contribution in [2.45, 2.75) is 224 Å². The van der Waals surface area contributed by atoms with Crippen molar-refractivity contribution in [3.63, 3.8) is 0 Å². The Bertz CT molecular complexity index is 1990. The van der Waals surface area contributed by atoms with E-state index < -0.39 is 109 Å². The fourth-order valence-electron chi connectivity index (χ4n) is 12.1. The predicted octanol–water partition coefficient (Wildman–Crippen LogP) is 6.44. The van der Waals surface area contributed by atoms with E-state index >= 15 is 0 Å². The standard InChI is InChI=1S/C58H96N2O13P/c1-15-46-58(10,67)51(63)41(6)60(47(61)31-25-17-16-18-26-32-74(14,43-27-21-19-22-28-43)44-29-23-20-24-30-44)36-37(2)34-56(8,66)53(73-55-49(62)45(59(11)12)33-38(3)69-55)39(4)50(40(5)54(65)71-46)72-48-35-57(9,68-13)52(64)42(7)70-48/h19-24,27-30,37-42,45-46,48-53,55,62-64,66-67H,15-18,25-26,31-36H2,1-14H3/q+1/t37-,38-,39+,40-,41-,42+,45+,46-,48+,49-,50+,51-,52+,53-,55+,56-,57-,58-/m1/s1. The summed E-state index contributed by atoms with van der Waals surface area (Å²) in [5.41, 5.74) is -4.79. The van der Waals surface area contributed by atoms with Crippen molar-refractivity contribution in [1.29, 1.82) is 0 Å². The van der Waals surface area contributed by atoms with Crippen molar-refractivity contribution >= 4 is 29.7 Å². The van der Waals surface area contributed by atoms with Crippen LogP contribution in [-0.4, -0.2) is 178 Å². The van der Waals surface area contributed by atoms with E-state index in [9.17, 15) is 35.1 Å². The summed E-state index contributed by atoms with van der Waals surface area (Å²) in [6.07, 6.45) is -3.64. The molecule has 0 bridgehead atoms. The number of nitrogens with zero attached hydrogens (tertiary/aromatic N) is 2. The van der Waals surface area contributed by atoms with Crippen LogP contribution in [0.25, 0.3) is 0 Å². The monoisotopic (exact) mass is 1060 g/mol. The molecule has 1 amide bonds. The lowest BCUT2D eigenvalue weighted by atomic mass is 9.77. The van der Waals surface area contributed by atoms with E-state index in [1.807, 2.05) is 32.8 Å². The Balaban J connectivity index is 1.43. The Kier molecular flexibility index (Phi) is 22.5. The number of aliphatic hydroxyl groups is 5. The van der Waals surface area contributed by atoms with Crippen molar-refractivity contribution in [1.82, 2.24) is 9.80 Å². The predicted molar refractivity (Wildman–Crippen MR) is 291 cm³/mol. The van der Waals surface area contributed by atoms with Gasteiger partial charge in [0.05, 0.1) is 78.3 Å². The van der Waals surface area contributed by atoms with Crippen LogP contribution in [0.15, 0.2) is 60.7 Å². The van der Waals surface area contributed by atoms with Gasteiger partial charge in [0.2, 0.25) is 5.91 Å². The molecule has 0 spiro atoms. The molecule has 15 nitrogen and oxygen atoms in total. The molecule has 74 heavy (non-hydrogen) atoms. The molecule has 0 radical (unpaired) electrons. The van der Waals surface area contributed by atoms with Crippen LogP contribution in [0.4, 0.5) is 0 Å². The first-order valence-corrected chi connectivity index (χ1v) is 29.9. The maximum atomic E-state index is 14.6. The number of ether oxygens (including phenoxy) is 6. The molecule has 18 atom stereocenters. The largest absolute Gasteiger partial charge is 0.459 e. The molecule has 3 saturated heterocycles. The second-order valence-corrected chi connectivity index (χ2v) is 27.2. The van der Waals surface area contributed by atoms with Gasteiger partial charge in [0.25, 0.3) is 0 Å². The Morgan fingerprint density at radius 3 is 1.97 bits per heavy atom. The lowest BCUT2D eigenvalue weighted by Crippen LogP contribution is -2.60. The molecule has 2 aromatic rings. The van der Waals surface area contributed by atoms with Gasteiger partial charge >= 0.3 is 5.97 Å². The molecule has 3 aliphatic heterocycles. The Labute approximate surface area is 444 Å². The van der Waals surface area contributed by atoms with E-state index in [-0.39, 0.29) is 50.3 Å². The molecule has 3 aliphatic rings. The zero-order chi connectivity index (χ0) is 54.9. The number of cyclic esters (lactones) is 1. The third-order valence-corrected chi connectivity index (χ3v) is 21.0. The summed E-state index contributed by atoms with van der Waals surface area (Å²) in [7, 11) is 3.67. The number of benzene rings is 2. The highest BCUT2D eigenvalue weighted by atomic mass is 31.2. The normalized spacial score (nSPS) is 38.2. The first kappa shape index (κ1) is 62.2. The molecule has 420 valence electrons. The van der Waals surface area contributed by atoms with Crippen molar-refractivity contribution in [2.75, 3.05) is 40.6 Å². The molecule has 0 unspecified atom stereocenters. The van der Waals surface area contributed by atoms with Crippen LogP contribution < -0.4 is 10.6 Å². The van der Waals surface area contributed by atoms with Crippen LogP contribution >= 0.6 is 7.26 Å². The minimum absolute atomic E-state index is 0.0715. The molecular formula is C58H96N2O13P+. The van der Waals surface area contributed by atoms with Crippen LogP contribution in [0.1, 0.15) is 133 Å². The topological polar surface area (TPSA) is 197 Å². The van der Waals surface area contributed by atoms with Gasteiger partial charge in [-0.1, -0.05) is 70.0 Å². The second-order valence-electron chi connectivity index (χ2n) is 23.4. The Morgan fingerprint density at radius 1 is 0.824 bits per heavy atom. The first-order chi connectivity index (χ1) is 34.7. The molecule has 0 aromatic heterocycles. The molecule has 5 rings (SSSR count). The average molecular weight is 1060 g/mol. The molecule has 3 fully saturated rings. The second kappa shape index (κ2) is 26.8. The van der Waals surface area contributed by atoms with E-state index in [1.165, 1.54) is 24.6 Å². The minimum atomic E-state index is -2.01. The van der Waals surface area contributed by atoms with Crippen LogP contribution in [-0.2, 0) is 38.0 Å². The smallest absolute Gasteiger partial charge is 0.311 e. The van der Waals surface area contributed by atoms with Crippen LogP contribution in [0.2, 0.25) is 0 Å². The van der Waals surface area contributed by atoms with Gasteiger partial charge in [-0.15, -0.1) is 0 Å². The molecular weight excluding hydrogens is 964 g/mol. The van der Waals surface area contributed by atoms with Gasteiger partial charge in [-0.05, 0) is 131 Å². The van der Waals surface area contributed by atoms with Gasteiger partial charge in [0.15, 0.2) is 12.6 Å². The van der Waals surface area contributed by atoms with E-state index in [1.54, 1.807) is 53.4 Å². The van der Waals surface area contributed by atoms with Crippen LogP contribution in [0.3, 0.4) is 0 Å². The SMILES string of the molecule is CC[C@H]1OC(=O)[C@H](C)[C@@H](O[C@H]2C[C@@](C)(OC)[C@@H](O)[C@H](C)O2)[C@H](C)[C@@H](O[C@@H]2O[C@H](C)C[C@H](N(C)C)[C@H]2O)[C@](C)(O)C[C@@H](C)CN(C(=O)CCCCCCC[P+](C)(c2ccccc2)c2ccccc2)[C@H](C)[C@@H](O)[C@]1(C)O. The fourth-order valence-corrected chi connectivity index (χ4v) is 15.5. The molecule has 0 saturated carbocycles. The molecule has 2 aromatic carbocycles. The number of methoxy groups -OCH3 is 1. The summed E-state index contributed by atoms with van der Waals surface area (Å²) in [4.78, 5) is 32.8. The summed E-state index contributed by atoms with van der Waals surface area (Å²) in [5, 5.41) is 63.1. The van der Waals surface area contributed by atoms with Gasteiger partial charge in [0, 0.05) is 38.5 Å². The van der Waals surface area contributed by atoms with E-state index in [0.29, 0.717) is 12.8 Å². The third kappa shape index (κ3) is 14.9. The van der Waals surface area contributed by atoms with Gasteiger partial charge in [-0.3, -0.25) is 9.59 Å². The van der Waals surface area contributed by atoms with E-state index in [4.69, 9.17) is 28.4 Å². The first-order valence-electron chi connectivity index (χ1n) is 27.5. The quantitative estimate of drug-likeness (QED) is 0.0660. The van der Waals surface area contributed by atoms with Gasteiger partial charge < -0.3 is 63.8 Å². The lowest BCUT2D eigenvalue weighted by Gasteiger charge is -2.48. The lowest BCUT2D eigenvalue weighted by molar-refractivity contribution is -0.318. The number of unbranched alkanes of at least 4 members (excludes halogenated alkanes) is 4.